The quantitative estimate of drug-likeness (QED) is 0.838. The standard InChI is InChI=1S/C15H22N2O3/c1-11(2)13(14(18)20-4)16-15(19)17(3)10-12-8-6-5-7-9-12/h5-9,11,13H,10H2,1-4H3,(H,16,19)/t13-/m0/s1. The molecule has 0 bridgehead atoms. The maximum absolute atomic E-state index is 12.1. The molecular formula is C15H22N2O3. The topological polar surface area (TPSA) is 58.6 Å². The molecular weight excluding hydrogens is 256 g/mol. The van der Waals surface area contributed by atoms with Crippen molar-refractivity contribution in [3.8, 4) is 0 Å². The maximum Gasteiger partial charge on any atom is 0.328 e. The first-order valence-electron chi connectivity index (χ1n) is 6.59. The molecule has 5 heteroatoms. The minimum Gasteiger partial charge on any atom is -0.467 e. The molecule has 0 aromatic heterocycles. The monoisotopic (exact) mass is 278 g/mol. The lowest BCUT2D eigenvalue weighted by Crippen LogP contribution is -2.49. The van der Waals surface area contributed by atoms with Crippen LogP contribution in [0.3, 0.4) is 0 Å². The Labute approximate surface area is 119 Å². The van der Waals surface area contributed by atoms with Gasteiger partial charge in [-0.15, -0.1) is 0 Å². The van der Waals surface area contributed by atoms with Crippen molar-refractivity contribution in [2.45, 2.75) is 26.4 Å². The summed E-state index contributed by atoms with van der Waals surface area (Å²) < 4.78 is 4.70. The van der Waals surface area contributed by atoms with E-state index in [9.17, 15) is 9.59 Å². The number of rotatable bonds is 5. The summed E-state index contributed by atoms with van der Waals surface area (Å²) in [6.45, 7) is 4.21. The van der Waals surface area contributed by atoms with Gasteiger partial charge in [0.2, 0.25) is 0 Å². The molecule has 0 radical (unpaired) electrons. The second-order valence-electron chi connectivity index (χ2n) is 5.04. The SMILES string of the molecule is COC(=O)[C@@H](NC(=O)N(C)Cc1ccccc1)C(C)C. The number of methoxy groups -OCH3 is 1. The number of nitrogens with zero attached hydrogens (tertiary/aromatic N) is 1. The summed E-state index contributed by atoms with van der Waals surface area (Å²) in [5.74, 6) is -0.460. The van der Waals surface area contributed by atoms with Gasteiger partial charge in [0.25, 0.3) is 0 Å². The van der Waals surface area contributed by atoms with Gasteiger partial charge in [0.1, 0.15) is 6.04 Å². The molecule has 5 nitrogen and oxygen atoms in total. The maximum atomic E-state index is 12.1. The van der Waals surface area contributed by atoms with E-state index in [0.29, 0.717) is 6.54 Å². The minimum atomic E-state index is -0.634. The number of benzene rings is 1. The van der Waals surface area contributed by atoms with Gasteiger partial charge >= 0.3 is 12.0 Å². The fourth-order valence-electron chi connectivity index (χ4n) is 1.80. The van der Waals surface area contributed by atoms with Gasteiger partial charge in [0.15, 0.2) is 0 Å². The molecule has 0 aliphatic heterocycles. The lowest BCUT2D eigenvalue weighted by Gasteiger charge is -2.24. The van der Waals surface area contributed by atoms with Crippen LogP contribution in [0.4, 0.5) is 4.79 Å². The van der Waals surface area contributed by atoms with Gasteiger partial charge < -0.3 is 15.0 Å². The van der Waals surface area contributed by atoms with E-state index < -0.39 is 12.0 Å². The van der Waals surface area contributed by atoms with E-state index in [0.717, 1.165) is 5.56 Å². The fourth-order valence-corrected chi connectivity index (χ4v) is 1.80. The Kier molecular flexibility index (Phi) is 6.03. The van der Waals surface area contributed by atoms with E-state index in [1.54, 1.807) is 7.05 Å². The number of hydrogen-bond acceptors (Lipinski definition) is 3. The zero-order valence-corrected chi connectivity index (χ0v) is 12.4. The second-order valence-corrected chi connectivity index (χ2v) is 5.04. The molecule has 1 rings (SSSR count). The number of urea groups is 1. The predicted molar refractivity (Wildman–Crippen MR) is 77.1 cm³/mol. The third-order valence-corrected chi connectivity index (χ3v) is 3.01. The van der Waals surface area contributed by atoms with Crippen molar-refractivity contribution in [2.75, 3.05) is 14.2 Å². The molecule has 0 unspecified atom stereocenters. The summed E-state index contributed by atoms with van der Waals surface area (Å²) in [6, 6.07) is 8.74. The van der Waals surface area contributed by atoms with Crippen LogP contribution in [0.15, 0.2) is 30.3 Å². The molecule has 0 aliphatic carbocycles. The predicted octanol–water partition coefficient (Wildman–Crippen LogP) is 2.03. The molecule has 0 spiro atoms. The molecule has 1 aromatic rings. The average Bonchev–Trinajstić information content (AvgIpc) is 2.44. The van der Waals surface area contributed by atoms with Crippen molar-refractivity contribution in [3.05, 3.63) is 35.9 Å². The first kappa shape index (κ1) is 16.0. The number of nitrogens with one attached hydrogen (secondary N) is 1. The van der Waals surface area contributed by atoms with Crippen LogP contribution in [0.25, 0.3) is 0 Å². The molecule has 0 heterocycles. The average molecular weight is 278 g/mol. The molecule has 110 valence electrons. The summed E-state index contributed by atoms with van der Waals surface area (Å²) in [5, 5.41) is 2.70. The van der Waals surface area contributed by atoms with Crippen molar-refractivity contribution in [2.24, 2.45) is 5.92 Å². The highest BCUT2D eigenvalue weighted by molar-refractivity contribution is 5.83. The lowest BCUT2D eigenvalue weighted by molar-refractivity contribution is -0.144. The Morgan fingerprint density at radius 1 is 1.25 bits per heavy atom. The number of amides is 2. The Morgan fingerprint density at radius 2 is 1.85 bits per heavy atom. The summed E-state index contributed by atoms with van der Waals surface area (Å²) in [7, 11) is 3.01. The van der Waals surface area contributed by atoms with Crippen LogP contribution in [-0.4, -0.2) is 37.1 Å². The molecule has 20 heavy (non-hydrogen) atoms. The van der Waals surface area contributed by atoms with Crippen LogP contribution in [0.1, 0.15) is 19.4 Å². The Bertz CT molecular complexity index is 446. The molecule has 2 amide bonds. The number of ether oxygens (including phenoxy) is 1. The highest BCUT2D eigenvalue weighted by Crippen LogP contribution is 2.06. The number of hydrogen-bond donors (Lipinski definition) is 1. The molecule has 0 saturated carbocycles. The van der Waals surface area contributed by atoms with Gasteiger partial charge in [-0.05, 0) is 11.5 Å². The summed E-state index contributed by atoms with van der Waals surface area (Å²) in [6.07, 6.45) is 0. The van der Waals surface area contributed by atoms with E-state index in [1.807, 2.05) is 44.2 Å². The Balaban J connectivity index is 2.62. The molecule has 0 fully saturated rings. The third-order valence-electron chi connectivity index (χ3n) is 3.01. The number of esters is 1. The molecule has 1 atom stereocenters. The van der Waals surface area contributed by atoms with Crippen LogP contribution >= 0.6 is 0 Å². The molecule has 0 aliphatic rings. The van der Waals surface area contributed by atoms with Crippen LogP contribution in [0, 0.1) is 5.92 Å². The van der Waals surface area contributed by atoms with E-state index in [1.165, 1.54) is 12.0 Å². The molecule has 1 aromatic carbocycles. The Morgan fingerprint density at radius 3 is 2.35 bits per heavy atom. The largest absolute Gasteiger partial charge is 0.467 e. The van der Waals surface area contributed by atoms with E-state index >= 15 is 0 Å². The third kappa shape index (κ3) is 4.57. The number of carbonyl (C=O) groups excluding carboxylic acids is 2. The van der Waals surface area contributed by atoms with Gasteiger partial charge in [0.05, 0.1) is 7.11 Å². The van der Waals surface area contributed by atoms with Gasteiger partial charge in [-0.2, -0.15) is 0 Å². The highest BCUT2D eigenvalue weighted by Gasteiger charge is 2.26. The highest BCUT2D eigenvalue weighted by atomic mass is 16.5. The van der Waals surface area contributed by atoms with Crippen LogP contribution in [0.5, 0.6) is 0 Å². The summed E-state index contributed by atoms with van der Waals surface area (Å²) >= 11 is 0. The summed E-state index contributed by atoms with van der Waals surface area (Å²) in [5.41, 5.74) is 1.03. The van der Waals surface area contributed by atoms with E-state index in [-0.39, 0.29) is 11.9 Å². The zero-order chi connectivity index (χ0) is 15.1. The van der Waals surface area contributed by atoms with Crippen LogP contribution in [0.2, 0.25) is 0 Å². The normalized spacial score (nSPS) is 11.8. The van der Waals surface area contributed by atoms with E-state index in [2.05, 4.69) is 5.32 Å². The van der Waals surface area contributed by atoms with Gasteiger partial charge in [-0.25, -0.2) is 9.59 Å². The molecule has 0 saturated heterocycles. The smallest absolute Gasteiger partial charge is 0.328 e. The minimum absolute atomic E-state index is 0.0310. The van der Waals surface area contributed by atoms with Crippen molar-refractivity contribution in [1.82, 2.24) is 10.2 Å². The van der Waals surface area contributed by atoms with Crippen LogP contribution < -0.4 is 5.32 Å². The van der Waals surface area contributed by atoms with Crippen molar-refractivity contribution in [3.63, 3.8) is 0 Å². The van der Waals surface area contributed by atoms with Gasteiger partial charge in [-0.1, -0.05) is 44.2 Å². The Hall–Kier alpha value is -2.04. The molecule has 1 N–H and O–H groups in total. The van der Waals surface area contributed by atoms with Crippen molar-refractivity contribution in [1.29, 1.82) is 0 Å². The summed E-state index contributed by atoms with van der Waals surface area (Å²) in [4.78, 5) is 25.2. The number of carbonyl (C=O) groups is 2. The first-order chi connectivity index (χ1) is 9.45. The fraction of sp³-hybridized carbons (Fsp3) is 0.467. The van der Waals surface area contributed by atoms with Gasteiger partial charge in [0, 0.05) is 13.6 Å². The van der Waals surface area contributed by atoms with E-state index in [4.69, 9.17) is 4.74 Å². The van der Waals surface area contributed by atoms with Crippen molar-refractivity contribution >= 4 is 12.0 Å². The zero-order valence-electron chi connectivity index (χ0n) is 12.4. The van der Waals surface area contributed by atoms with Gasteiger partial charge in [-0.3, -0.25) is 0 Å². The second kappa shape index (κ2) is 7.53. The lowest BCUT2D eigenvalue weighted by atomic mass is 10.1. The first-order valence-corrected chi connectivity index (χ1v) is 6.59. The van der Waals surface area contributed by atoms with Crippen molar-refractivity contribution < 1.29 is 14.3 Å². The van der Waals surface area contributed by atoms with Crippen LogP contribution in [-0.2, 0) is 16.1 Å².